The number of nitrogens with one attached hydrogen (secondary N) is 1. The molecule has 0 saturated carbocycles. The second kappa shape index (κ2) is 14.0. The average Bonchev–Trinajstić information content (AvgIpc) is 2.93. The zero-order valence-electron chi connectivity index (χ0n) is 22.3. The highest BCUT2D eigenvalue weighted by atomic mass is 16.5. The van der Waals surface area contributed by atoms with Crippen LogP contribution in [0.4, 0.5) is 11.6 Å². The lowest BCUT2D eigenvalue weighted by Crippen LogP contribution is -2.24. The molecule has 2 aromatic carbocycles. The van der Waals surface area contributed by atoms with Crippen LogP contribution in [-0.4, -0.2) is 30.6 Å². The molecule has 0 aliphatic carbocycles. The minimum Gasteiger partial charge on any atom is -0.382 e. The van der Waals surface area contributed by atoms with E-state index in [1.165, 1.54) is 0 Å². The molecule has 0 spiro atoms. The van der Waals surface area contributed by atoms with Gasteiger partial charge in [-0.05, 0) is 44.0 Å². The van der Waals surface area contributed by atoms with Gasteiger partial charge in [-0.1, -0.05) is 43.0 Å². The van der Waals surface area contributed by atoms with Crippen molar-refractivity contribution >= 4 is 28.4 Å². The van der Waals surface area contributed by atoms with Crippen LogP contribution in [0.3, 0.4) is 0 Å². The highest BCUT2D eigenvalue weighted by molar-refractivity contribution is 5.84. The van der Waals surface area contributed by atoms with Crippen molar-refractivity contribution in [3.63, 3.8) is 0 Å². The van der Waals surface area contributed by atoms with Crippen molar-refractivity contribution in [2.24, 2.45) is 0 Å². The zero-order valence-corrected chi connectivity index (χ0v) is 22.3. The molecule has 6 N–H and O–H groups in total. The van der Waals surface area contributed by atoms with Gasteiger partial charge < -0.3 is 11.5 Å². The molecule has 0 radical (unpaired) electrons. The summed E-state index contributed by atoms with van der Waals surface area (Å²) in [6.07, 6.45) is 2.79. The summed E-state index contributed by atoms with van der Waals surface area (Å²) in [6, 6.07) is 16.8. The molecule has 0 unspecified atom stereocenters. The van der Waals surface area contributed by atoms with Crippen LogP contribution in [0.2, 0.25) is 0 Å². The summed E-state index contributed by atoms with van der Waals surface area (Å²) in [5.41, 5.74) is 14.4. The molecule has 2 heterocycles. The molecule has 0 fully saturated rings. The maximum atomic E-state index is 13.4. The number of nitrogens with zero attached hydrogens (tertiary/aromatic N) is 5. The first kappa shape index (κ1) is 29.3. The van der Waals surface area contributed by atoms with E-state index in [0.717, 1.165) is 17.9 Å². The van der Waals surface area contributed by atoms with Crippen molar-refractivity contribution in [3.8, 4) is 23.6 Å². The number of aryl methyl sites for hydroxylation is 2. The number of carbonyl (C=O) groups excluding carboxylic acids is 1. The number of nitriles is 1. The van der Waals surface area contributed by atoms with E-state index in [-0.39, 0.29) is 29.2 Å². The Morgan fingerprint density at radius 2 is 1.77 bits per heavy atom. The Morgan fingerprint density at radius 3 is 2.40 bits per heavy atom. The van der Waals surface area contributed by atoms with Gasteiger partial charge in [0, 0.05) is 24.8 Å². The van der Waals surface area contributed by atoms with Crippen LogP contribution >= 0.6 is 0 Å². The molecule has 0 saturated heterocycles. The molecule has 0 atom stereocenters. The topological polar surface area (TPSA) is 186 Å². The van der Waals surface area contributed by atoms with Gasteiger partial charge in [0.2, 0.25) is 5.91 Å². The molecular weight excluding hydrogens is 508 g/mol. The largest absolute Gasteiger partial charge is 0.382 e. The van der Waals surface area contributed by atoms with Gasteiger partial charge in [-0.15, -0.1) is 0 Å². The van der Waals surface area contributed by atoms with Gasteiger partial charge in [-0.25, -0.2) is 20.4 Å². The Labute approximate surface area is 231 Å². The predicted octanol–water partition coefficient (Wildman–Crippen LogP) is 3.19. The number of hydroxylamine groups is 1. The summed E-state index contributed by atoms with van der Waals surface area (Å²) >= 11 is 0. The fourth-order valence-electron chi connectivity index (χ4n) is 3.90. The van der Waals surface area contributed by atoms with E-state index in [1.54, 1.807) is 17.0 Å². The van der Waals surface area contributed by atoms with Crippen molar-refractivity contribution in [1.82, 2.24) is 25.0 Å². The summed E-state index contributed by atoms with van der Waals surface area (Å²) in [5, 5.41) is 17.5. The van der Waals surface area contributed by atoms with Crippen molar-refractivity contribution in [3.05, 3.63) is 81.7 Å². The van der Waals surface area contributed by atoms with E-state index >= 15 is 0 Å². The molecule has 0 aliphatic heterocycles. The first-order valence-corrected chi connectivity index (χ1v) is 12.6. The molecule has 4 aromatic rings. The zero-order chi connectivity index (χ0) is 29.1. The fourth-order valence-corrected chi connectivity index (χ4v) is 3.90. The van der Waals surface area contributed by atoms with Crippen LogP contribution in [0.25, 0.3) is 16.6 Å². The summed E-state index contributed by atoms with van der Waals surface area (Å²) in [6.45, 7) is 3.72. The van der Waals surface area contributed by atoms with Crippen molar-refractivity contribution in [2.75, 3.05) is 11.5 Å². The number of benzene rings is 2. The minimum atomic E-state index is -0.435. The molecule has 4 rings (SSSR count). The Bertz CT molecular complexity index is 1640. The molecule has 2 aromatic heterocycles. The Morgan fingerprint density at radius 1 is 1.07 bits per heavy atom. The number of nitrogen functional groups attached to an aromatic ring is 2. The quantitative estimate of drug-likeness (QED) is 0.124. The van der Waals surface area contributed by atoms with Gasteiger partial charge in [-0.3, -0.25) is 19.4 Å². The number of carbonyl (C=O) groups is 1. The van der Waals surface area contributed by atoms with Crippen LogP contribution in [0.15, 0.2) is 53.3 Å². The molecule has 1 amide bonds. The number of rotatable bonds is 6. The van der Waals surface area contributed by atoms with E-state index in [1.807, 2.05) is 54.6 Å². The van der Waals surface area contributed by atoms with Gasteiger partial charge >= 0.3 is 0 Å². The number of unbranched alkanes of at least 4 members (excludes halogenated alkanes) is 1. The fraction of sp³-hybridized carbons (Fsp3) is 0.241. The van der Waals surface area contributed by atoms with Gasteiger partial charge in [0.1, 0.15) is 34.9 Å². The maximum Gasteiger partial charge on any atom is 0.267 e. The highest BCUT2D eigenvalue weighted by Gasteiger charge is 2.14. The van der Waals surface area contributed by atoms with E-state index in [2.05, 4.69) is 28.7 Å². The van der Waals surface area contributed by atoms with E-state index < -0.39 is 5.91 Å². The average molecular weight is 539 g/mol. The number of nitrogens with two attached hydrogens (primary N) is 2. The summed E-state index contributed by atoms with van der Waals surface area (Å²) in [7, 11) is 0. The molecule has 0 aliphatic rings. The first-order chi connectivity index (χ1) is 19.3. The van der Waals surface area contributed by atoms with E-state index in [0.29, 0.717) is 41.6 Å². The number of amides is 1. The van der Waals surface area contributed by atoms with Crippen LogP contribution in [0.5, 0.6) is 0 Å². The lowest BCUT2D eigenvalue weighted by atomic mass is 10.1. The molecule has 11 heteroatoms. The van der Waals surface area contributed by atoms with Crippen molar-refractivity contribution in [1.29, 1.82) is 5.26 Å². The molecule has 204 valence electrons. The second-order valence-electron chi connectivity index (χ2n) is 8.67. The van der Waals surface area contributed by atoms with Crippen molar-refractivity contribution < 1.29 is 10.0 Å². The first-order valence-electron chi connectivity index (χ1n) is 12.6. The maximum absolute atomic E-state index is 13.4. The van der Waals surface area contributed by atoms with Crippen LogP contribution < -0.4 is 22.5 Å². The molecular formula is C29H30N8O3. The number of anilines is 2. The Hall–Kier alpha value is -5.26. The smallest absolute Gasteiger partial charge is 0.267 e. The van der Waals surface area contributed by atoms with Crippen LogP contribution in [-0.2, 0) is 11.2 Å². The lowest BCUT2D eigenvalue weighted by Gasteiger charge is -2.13. The molecule has 11 nitrogen and oxygen atoms in total. The standard InChI is InChI=1S/C23H23N3O3.C6H7N5/c1-2-10-20-24-19-15-9-12-17(11-5-3-8-16-21(27)25-29)22(19)23(28)26(20)18-13-6-4-7-14-18;1-3-10-5(8)4(2-7)6(9)11-3/h4,6-7,9,12-15,29H,2-3,8,10,16H2,1H3,(H,25,27);1H3,(H4,8,9,10,11). The molecule has 40 heavy (non-hydrogen) atoms. The third-order valence-electron chi connectivity index (χ3n) is 5.70. The SMILES string of the molecule is CCCc1nc2cccc(C#CCCCC(=O)NO)c2c(=O)n1-c1ccccc1.Cc1nc(N)c(C#N)c(N)n1. The van der Waals surface area contributed by atoms with Gasteiger partial charge in [0.25, 0.3) is 5.56 Å². The van der Waals surface area contributed by atoms with E-state index in [9.17, 15) is 9.59 Å². The second-order valence-corrected chi connectivity index (χ2v) is 8.67. The minimum absolute atomic E-state index is 0.130. The number of aromatic nitrogens is 4. The normalized spacial score (nSPS) is 10.1. The van der Waals surface area contributed by atoms with Crippen LogP contribution in [0.1, 0.15) is 55.4 Å². The number of para-hydroxylation sites is 1. The highest BCUT2D eigenvalue weighted by Crippen LogP contribution is 2.17. The van der Waals surface area contributed by atoms with Crippen LogP contribution in [0, 0.1) is 30.1 Å². The van der Waals surface area contributed by atoms with Gasteiger partial charge in [0.05, 0.1) is 16.6 Å². The number of hydrogen-bond acceptors (Lipinski definition) is 9. The predicted molar refractivity (Wildman–Crippen MR) is 152 cm³/mol. The summed E-state index contributed by atoms with van der Waals surface area (Å²) in [5.74, 6) is 7.11. The van der Waals surface area contributed by atoms with E-state index in [4.69, 9.17) is 26.9 Å². The molecule has 0 bridgehead atoms. The Kier molecular flexibility index (Phi) is 10.3. The number of hydrogen-bond donors (Lipinski definition) is 4. The third-order valence-corrected chi connectivity index (χ3v) is 5.70. The van der Waals surface area contributed by atoms with Gasteiger partial charge in [-0.2, -0.15) is 5.26 Å². The summed E-state index contributed by atoms with van der Waals surface area (Å²) in [4.78, 5) is 36.8. The van der Waals surface area contributed by atoms with Gasteiger partial charge in [0.15, 0.2) is 0 Å². The number of fused-ring (bicyclic) bond motifs is 1. The summed E-state index contributed by atoms with van der Waals surface area (Å²) < 4.78 is 1.67. The van der Waals surface area contributed by atoms with Crippen molar-refractivity contribution in [2.45, 2.75) is 46.0 Å². The third kappa shape index (κ3) is 7.19. The monoisotopic (exact) mass is 538 g/mol. The lowest BCUT2D eigenvalue weighted by molar-refractivity contribution is -0.129. The Balaban J connectivity index is 0.000000336.